The molecule has 1 aliphatic rings. The summed E-state index contributed by atoms with van der Waals surface area (Å²) in [5.74, 6) is 0.411. The Morgan fingerprint density at radius 2 is 2.00 bits per heavy atom. The van der Waals surface area contributed by atoms with Crippen LogP contribution >= 0.6 is 0 Å². The number of halogens is 1. The maximum Gasteiger partial charge on any atom is 0.232 e. The average Bonchev–Trinajstić information content (AvgIpc) is 3.22. The fourth-order valence-electron chi connectivity index (χ4n) is 3.04. The van der Waals surface area contributed by atoms with Gasteiger partial charge in [0, 0.05) is 24.2 Å². The molecule has 1 fully saturated rings. The minimum atomic E-state index is -0.317. The fourth-order valence-corrected chi connectivity index (χ4v) is 3.04. The van der Waals surface area contributed by atoms with E-state index in [-0.39, 0.29) is 17.6 Å². The number of hydrogen-bond donors (Lipinski definition) is 0. The highest BCUT2D eigenvalue weighted by Gasteiger charge is 2.35. The van der Waals surface area contributed by atoms with Gasteiger partial charge in [-0.05, 0) is 48.9 Å². The summed E-state index contributed by atoms with van der Waals surface area (Å²) in [5.41, 5.74) is 2.66. The molecule has 0 aliphatic carbocycles. The number of carbonyl (C=O) groups excluding carboxylic acids is 1. The lowest BCUT2D eigenvalue weighted by atomic mass is 10.1. The molecule has 1 unspecified atom stereocenters. The molecular weight excluding hydrogens is 321 g/mol. The maximum atomic E-state index is 13.0. The third-order valence-corrected chi connectivity index (χ3v) is 4.33. The lowest BCUT2D eigenvalue weighted by Crippen LogP contribution is -2.24. The highest BCUT2D eigenvalue weighted by atomic mass is 19.1. The van der Waals surface area contributed by atoms with Gasteiger partial charge in [0.15, 0.2) is 0 Å². The Kier molecular flexibility index (Phi) is 3.80. The van der Waals surface area contributed by atoms with Crippen molar-refractivity contribution in [1.29, 1.82) is 0 Å². The summed E-state index contributed by atoms with van der Waals surface area (Å²) in [7, 11) is 0. The molecule has 2 aromatic carbocycles. The highest BCUT2D eigenvalue weighted by Crippen LogP contribution is 2.32. The Morgan fingerprint density at radius 3 is 2.76 bits per heavy atom. The summed E-state index contributed by atoms with van der Waals surface area (Å²) >= 11 is 0. The Bertz CT molecular complexity index is 920. The van der Waals surface area contributed by atoms with Crippen LogP contribution in [0.5, 0.6) is 0 Å². The summed E-state index contributed by atoms with van der Waals surface area (Å²) in [6.07, 6.45) is 0.332. The molecule has 1 saturated heterocycles. The van der Waals surface area contributed by atoms with Crippen molar-refractivity contribution in [3.05, 3.63) is 65.8 Å². The Hall–Kier alpha value is -3.02. The second-order valence-electron chi connectivity index (χ2n) is 6.21. The third kappa shape index (κ3) is 3.03. The van der Waals surface area contributed by atoms with Gasteiger partial charge in [-0.3, -0.25) is 4.79 Å². The molecule has 1 aromatic heterocycles. The molecule has 25 heavy (non-hydrogen) atoms. The van der Waals surface area contributed by atoms with Gasteiger partial charge in [-0.2, -0.15) is 4.98 Å². The van der Waals surface area contributed by atoms with Gasteiger partial charge in [-0.1, -0.05) is 17.3 Å². The largest absolute Gasteiger partial charge is 0.339 e. The molecule has 0 N–H and O–H groups in total. The zero-order valence-electron chi connectivity index (χ0n) is 13.6. The molecule has 3 aromatic rings. The number of hydrogen-bond acceptors (Lipinski definition) is 4. The van der Waals surface area contributed by atoms with E-state index in [1.807, 2.05) is 31.2 Å². The standard InChI is InChI=1S/C19H16FN3O2/c1-12-3-2-4-16(9-12)23-11-14(10-17(23)24)19-21-18(22-25-19)13-5-7-15(20)8-6-13/h2-9,14H,10-11H2,1H3. The quantitative estimate of drug-likeness (QED) is 0.731. The minimum Gasteiger partial charge on any atom is -0.339 e. The first-order chi connectivity index (χ1) is 12.1. The number of aromatic nitrogens is 2. The van der Waals surface area contributed by atoms with Gasteiger partial charge in [0.25, 0.3) is 0 Å². The van der Waals surface area contributed by atoms with Gasteiger partial charge in [0.2, 0.25) is 17.6 Å². The second-order valence-corrected chi connectivity index (χ2v) is 6.21. The van der Waals surface area contributed by atoms with E-state index in [9.17, 15) is 9.18 Å². The third-order valence-electron chi connectivity index (χ3n) is 4.33. The van der Waals surface area contributed by atoms with Crippen LogP contribution in [-0.2, 0) is 4.79 Å². The van der Waals surface area contributed by atoms with Gasteiger partial charge in [-0.25, -0.2) is 4.39 Å². The topological polar surface area (TPSA) is 59.2 Å². The van der Waals surface area contributed by atoms with Gasteiger partial charge >= 0.3 is 0 Å². The lowest BCUT2D eigenvalue weighted by Gasteiger charge is -2.16. The molecular formula is C19H16FN3O2. The molecule has 2 heterocycles. The number of anilines is 1. The van der Waals surface area contributed by atoms with Gasteiger partial charge in [0.1, 0.15) is 5.82 Å². The maximum absolute atomic E-state index is 13.0. The van der Waals surface area contributed by atoms with Crippen LogP contribution in [0.1, 0.15) is 23.8 Å². The minimum absolute atomic E-state index is 0.0390. The Labute approximate surface area is 144 Å². The smallest absolute Gasteiger partial charge is 0.232 e. The van der Waals surface area contributed by atoms with Crippen LogP contribution in [0.3, 0.4) is 0 Å². The summed E-state index contributed by atoms with van der Waals surface area (Å²) in [6, 6.07) is 13.7. The average molecular weight is 337 g/mol. The van der Waals surface area contributed by atoms with E-state index in [0.717, 1.165) is 11.3 Å². The summed E-state index contributed by atoms with van der Waals surface area (Å²) in [6.45, 7) is 2.50. The monoisotopic (exact) mass is 337 g/mol. The summed E-state index contributed by atoms with van der Waals surface area (Å²) in [4.78, 5) is 18.5. The molecule has 4 rings (SSSR count). The van der Waals surface area contributed by atoms with Crippen molar-refractivity contribution in [3.8, 4) is 11.4 Å². The van der Waals surface area contributed by atoms with Crippen LogP contribution in [0.15, 0.2) is 53.1 Å². The summed E-state index contributed by atoms with van der Waals surface area (Å²) in [5, 5.41) is 3.96. The van der Waals surface area contributed by atoms with Crippen LogP contribution in [-0.4, -0.2) is 22.6 Å². The predicted molar refractivity (Wildman–Crippen MR) is 90.6 cm³/mol. The number of nitrogens with zero attached hydrogens (tertiary/aromatic N) is 3. The molecule has 0 spiro atoms. The first-order valence-corrected chi connectivity index (χ1v) is 8.07. The van der Waals surface area contributed by atoms with Crippen LogP contribution in [0, 0.1) is 12.7 Å². The number of amides is 1. The molecule has 1 atom stereocenters. The van der Waals surface area contributed by atoms with Crippen molar-refractivity contribution in [3.63, 3.8) is 0 Å². The Morgan fingerprint density at radius 1 is 1.20 bits per heavy atom. The van der Waals surface area contributed by atoms with E-state index in [4.69, 9.17) is 4.52 Å². The zero-order chi connectivity index (χ0) is 17.4. The van der Waals surface area contributed by atoms with Crippen molar-refractivity contribution in [2.75, 3.05) is 11.4 Å². The molecule has 5 nitrogen and oxygen atoms in total. The van der Waals surface area contributed by atoms with E-state index in [2.05, 4.69) is 10.1 Å². The normalized spacial score (nSPS) is 17.3. The van der Waals surface area contributed by atoms with E-state index in [0.29, 0.717) is 30.2 Å². The number of carbonyl (C=O) groups is 1. The van der Waals surface area contributed by atoms with E-state index in [1.165, 1.54) is 12.1 Å². The SMILES string of the molecule is Cc1cccc(N2CC(c3nc(-c4ccc(F)cc4)no3)CC2=O)c1. The van der Waals surface area contributed by atoms with Gasteiger partial charge in [-0.15, -0.1) is 0 Å². The predicted octanol–water partition coefficient (Wildman–Crippen LogP) is 3.70. The van der Waals surface area contributed by atoms with Crippen LogP contribution in [0.25, 0.3) is 11.4 Å². The van der Waals surface area contributed by atoms with Crippen molar-refractivity contribution < 1.29 is 13.7 Å². The molecule has 1 aliphatic heterocycles. The van der Waals surface area contributed by atoms with Crippen LogP contribution in [0.4, 0.5) is 10.1 Å². The fraction of sp³-hybridized carbons (Fsp3) is 0.211. The van der Waals surface area contributed by atoms with E-state index in [1.54, 1.807) is 17.0 Å². The number of benzene rings is 2. The van der Waals surface area contributed by atoms with Crippen molar-refractivity contribution in [1.82, 2.24) is 10.1 Å². The van der Waals surface area contributed by atoms with Crippen molar-refractivity contribution in [2.45, 2.75) is 19.3 Å². The van der Waals surface area contributed by atoms with E-state index < -0.39 is 0 Å². The van der Waals surface area contributed by atoms with E-state index >= 15 is 0 Å². The number of rotatable bonds is 3. The molecule has 0 saturated carbocycles. The first kappa shape index (κ1) is 15.5. The van der Waals surface area contributed by atoms with Crippen molar-refractivity contribution in [2.24, 2.45) is 0 Å². The lowest BCUT2D eigenvalue weighted by molar-refractivity contribution is -0.117. The highest BCUT2D eigenvalue weighted by molar-refractivity contribution is 5.96. The number of aryl methyl sites for hydroxylation is 1. The van der Waals surface area contributed by atoms with Gasteiger partial charge < -0.3 is 9.42 Å². The Balaban J connectivity index is 1.55. The van der Waals surface area contributed by atoms with Crippen molar-refractivity contribution >= 4 is 11.6 Å². The molecule has 0 radical (unpaired) electrons. The van der Waals surface area contributed by atoms with Crippen LogP contribution in [0.2, 0.25) is 0 Å². The molecule has 1 amide bonds. The zero-order valence-corrected chi connectivity index (χ0v) is 13.6. The summed E-state index contributed by atoms with van der Waals surface area (Å²) < 4.78 is 18.4. The second kappa shape index (κ2) is 6.12. The van der Waals surface area contributed by atoms with Crippen LogP contribution < -0.4 is 4.90 Å². The van der Waals surface area contributed by atoms with Gasteiger partial charge in [0.05, 0.1) is 5.92 Å². The molecule has 6 heteroatoms. The molecule has 0 bridgehead atoms. The molecule has 126 valence electrons. The first-order valence-electron chi connectivity index (χ1n) is 8.07.